The van der Waals surface area contributed by atoms with E-state index in [1.807, 2.05) is 48.5 Å². The summed E-state index contributed by atoms with van der Waals surface area (Å²) in [5, 5.41) is 1.97. The van der Waals surface area contributed by atoms with Gasteiger partial charge in [0.05, 0.1) is 5.41 Å². The molecule has 68 heavy (non-hydrogen) atoms. The molecule has 1 spiro atoms. The molecule has 0 atom stereocenters. The third kappa shape index (κ3) is 5.71. The van der Waals surface area contributed by atoms with Crippen LogP contribution in [0.4, 0.5) is 0 Å². The molecular weight excluding hydrogens is 827 g/mol. The van der Waals surface area contributed by atoms with Crippen molar-refractivity contribution in [2.45, 2.75) is 5.41 Å². The van der Waals surface area contributed by atoms with E-state index in [9.17, 15) is 0 Å². The summed E-state index contributed by atoms with van der Waals surface area (Å²) >= 11 is 0. The summed E-state index contributed by atoms with van der Waals surface area (Å²) in [6.45, 7) is 0. The molecule has 2 aliphatic rings. The number of furan rings is 1. The summed E-state index contributed by atoms with van der Waals surface area (Å²) in [5.41, 5.74) is 21.3. The minimum Gasteiger partial charge on any atom is -0.456 e. The Morgan fingerprint density at radius 1 is 0.279 bits per heavy atom. The van der Waals surface area contributed by atoms with Gasteiger partial charge in [-0.3, -0.25) is 0 Å². The first kappa shape index (κ1) is 38.3. The van der Waals surface area contributed by atoms with E-state index < -0.39 is 5.41 Å². The monoisotopic (exact) mass is 865 g/mol. The van der Waals surface area contributed by atoms with Crippen LogP contribution in [0.3, 0.4) is 0 Å². The Labute approximate surface area is 393 Å². The number of benzene rings is 10. The number of nitrogens with zero attached hydrogens (tertiary/aromatic N) is 3. The number of aromatic nitrogens is 3. The Balaban J connectivity index is 0.913. The first-order chi connectivity index (χ1) is 33.7. The molecule has 4 nitrogen and oxygen atoms in total. The first-order valence-electron chi connectivity index (χ1n) is 23.2. The fourth-order valence-electron chi connectivity index (χ4n) is 11.2. The van der Waals surface area contributed by atoms with E-state index >= 15 is 0 Å². The fourth-order valence-corrected chi connectivity index (χ4v) is 11.2. The SMILES string of the molecule is c1ccc(-c2ccc(-c3nc(-c4ccccc4)nc(-c4cccc5oc6ccc(-c7cccc(-c8cccc9c8C8(c%10ccccc%10-c%10ccccc%108)c8ccccc8-9)c7)cc6c45)n3)cc2)cc1. The summed E-state index contributed by atoms with van der Waals surface area (Å²) in [4.78, 5) is 15.4. The van der Waals surface area contributed by atoms with Crippen LogP contribution in [-0.4, -0.2) is 15.0 Å². The van der Waals surface area contributed by atoms with Gasteiger partial charge in [0.25, 0.3) is 0 Å². The van der Waals surface area contributed by atoms with Crippen LogP contribution in [0.1, 0.15) is 22.3 Å². The highest BCUT2D eigenvalue weighted by Crippen LogP contribution is 2.64. The molecule has 0 unspecified atom stereocenters. The Hall–Kier alpha value is -8.99. The predicted molar refractivity (Wildman–Crippen MR) is 276 cm³/mol. The second kappa shape index (κ2) is 15.0. The Bertz CT molecular complexity index is 3900. The highest BCUT2D eigenvalue weighted by Gasteiger charge is 2.52. The van der Waals surface area contributed by atoms with E-state index in [0.29, 0.717) is 17.5 Å². The van der Waals surface area contributed by atoms with E-state index in [4.69, 9.17) is 19.4 Å². The van der Waals surface area contributed by atoms with Crippen molar-refractivity contribution in [3.05, 3.63) is 259 Å². The lowest BCUT2D eigenvalue weighted by atomic mass is 9.68. The molecule has 2 heterocycles. The maximum absolute atomic E-state index is 6.60. The molecule has 2 aromatic heterocycles. The third-order valence-corrected chi connectivity index (χ3v) is 14.2. The van der Waals surface area contributed by atoms with Gasteiger partial charge in [0.1, 0.15) is 11.2 Å². The van der Waals surface area contributed by atoms with E-state index in [2.05, 4.69) is 188 Å². The molecule has 0 fully saturated rings. The molecule has 10 aromatic carbocycles. The van der Waals surface area contributed by atoms with Crippen molar-refractivity contribution in [1.82, 2.24) is 15.0 Å². The standard InChI is InChI=1S/C64H39N3O/c1-3-16-40(17-4-1)41-32-34-43(35-33-41)62-65-61(42-18-5-2-6-19-42)66-63(67-62)52-27-15-31-58-59(52)53-39-45(36-37-57(53)68-58)44-20-13-21-46(38-44)47-25-14-26-51-50-24-9-12-30-56(50)64(60(47)51)54-28-10-7-22-48(54)49-23-8-11-29-55(49)64/h1-39H. The average Bonchev–Trinajstić information content (AvgIpc) is 4.05. The maximum atomic E-state index is 6.60. The molecule has 14 rings (SSSR count). The van der Waals surface area contributed by atoms with Gasteiger partial charge in [0.15, 0.2) is 17.5 Å². The van der Waals surface area contributed by atoms with Crippen molar-refractivity contribution in [2.24, 2.45) is 0 Å². The summed E-state index contributed by atoms with van der Waals surface area (Å²) in [7, 11) is 0. The van der Waals surface area contributed by atoms with E-state index in [1.54, 1.807) is 0 Å². The molecule has 0 saturated carbocycles. The molecule has 12 aromatic rings. The predicted octanol–water partition coefficient (Wildman–Crippen LogP) is 16.1. The van der Waals surface area contributed by atoms with Crippen molar-refractivity contribution in [1.29, 1.82) is 0 Å². The van der Waals surface area contributed by atoms with Crippen LogP contribution in [0.15, 0.2) is 241 Å². The van der Waals surface area contributed by atoms with Crippen molar-refractivity contribution in [3.63, 3.8) is 0 Å². The normalized spacial score (nSPS) is 12.8. The van der Waals surface area contributed by atoms with Gasteiger partial charge in [-0.15, -0.1) is 0 Å². The average molecular weight is 866 g/mol. The quantitative estimate of drug-likeness (QED) is 0.167. The van der Waals surface area contributed by atoms with Crippen molar-refractivity contribution in [3.8, 4) is 89.8 Å². The summed E-state index contributed by atoms with van der Waals surface area (Å²) in [6.07, 6.45) is 0. The van der Waals surface area contributed by atoms with Crippen molar-refractivity contribution < 1.29 is 4.42 Å². The molecule has 0 aliphatic heterocycles. The summed E-state index contributed by atoms with van der Waals surface area (Å²) < 4.78 is 6.60. The first-order valence-corrected chi connectivity index (χ1v) is 23.2. The molecule has 0 saturated heterocycles. The Kier molecular flexibility index (Phi) is 8.46. The Morgan fingerprint density at radius 3 is 1.41 bits per heavy atom. The van der Waals surface area contributed by atoms with E-state index in [0.717, 1.165) is 60.9 Å². The molecule has 0 amide bonds. The minimum atomic E-state index is -0.447. The lowest BCUT2D eigenvalue weighted by Crippen LogP contribution is -2.26. The third-order valence-electron chi connectivity index (χ3n) is 14.2. The topological polar surface area (TPSA) is 51.8 Å². The van der Waals surface area contributed by atoms with Crippen LogP contribution in [0.25, 0.3) is 112 Å². The molecule has 4 heteroatoms. The number of hydrogen-bond acceptors (Lipinski definition) is 4. The van der Waals surface area contributed by atoms with Gasteiger partial charge < -0.3 is 4.42 Å². The van der Waals surface area contributed by atoms with Crippen LogP contribution < -0.4 is 0 Å². The zero-order valence-corrected chi connectivity index (χ0v) is 36.8. The van der Waals surface area contributed by atoms with Gasteiger partial charge in [-0.2, -0.15) is 0 Å². The van der Waals surface area contributed by atoms with Crippen molar-refractivity contribution in [2.75, 3.05) is 0 Å². The second-order valence-corrected chi connectivity index (χ2v) is 17.8. The summed E-state index contributed by atoms with van der Waals surface area (Å²) in [6, 6.07) is 84.6. The van der Waals surface area contributed by atoms with Crippen LogP contribution in [0.5, 0.6) is 0 Å². The van der Waals surface area contributed by atoms with Gasteiger partial charge in [-0.25, -0.2) is 15.0 Å². The zero-order chi connectivity index (χ0) is 44.8. The van der Waals surface area contributed by atoms with Crippen LogP contribution in [0, 0.1) is 0 Å². The highest BCUT2D eigenvalue weighted by molar-refractivity contribution is 6.13. The molecule has 0 N–H and O–H groups in total. The number of rotatable bonds is 6. The summed E-state index contributed by atoms with van der Waals surface area (Å²) in [5.74, 6) is 1.81. The van der Waals surface area contributed by atoms with Gasteiger partial charge in [-0.1, -0.05) is 212 Å². The van der Waals surface area contributed by atoms with Gasteiger partial charge in [0.2, 0.25) is 0 Å². The van der Waals surface area contributed by atoms with Gasteiger partial charge >= 0.3 is 0 Å². The van der Waals surface area contributed by atoms with Crippen LogP contribution >= 0.6 is 0 Å². The second-order valence-electron chi connectivity index (χ2n) is 17.8. The number of fused-ring (bicyclic) bond motifs is 13. The van der Waals surface area contributed by atoms with E-state index in [1.165, 1.54) is 55.6 Å². The lowest BCUT2D eigenvalue weighted by molar-refractivity contribution is 0.669. The molecule has 0 bridgehead atoms. The van der Waals surface area contributed by atoms with Gasteiger partial charge in [0, 0.05) is 27.5 Å². The maximum Gasteiger partial charge on any atom is 0.164 e. The molecule has 316 valence electrons. The fraction of sp³-hybridized carbons (Fsp3) is 0.0156. The van der Waals surface area contributed by atoms with Crippen LogP contribution in [-0.2, 0) is 5.41 Å². The number of hydrogen-bond donors (Lipinski definition) is 0. The molecular formula is C64H39N3O. The largest absolute Gasteiger partial charge is 0.456 e. The lowest BCUT2D eigenvalue weighted by Gasteiger charge is -2.32. The highest BCUT2D eigenvalue weighted by atomic mass is 16.3. The smallest absolute Gasteiger partial charge is 0.164 e. The molecule has 0 radical (unpaired) electrons. The van der Waals surface area contributed by atoms with Gasteiger partial charge in [-0.05, 0) is 102 Å². The Morgan fingerprint density at radius 2 is 0.721 bits per heavy atom. The van der Waals surface area contributed by atoms with Crippen LogP contribution in [0.2, 0.25) is 0 Å². The zero-order valence-electron chi connectivity index (χ0n) is 36.8. The van der Waals surface area contributed by atoms with E-state index in [-0.39, 0.29) is 0 Å². The molecule has 2 aliphatic carbocycles. The van der Waals surface area contributed by atoms with Crippen molar-refractivity contribution >= 4 is 21.9 Å². The minimum absolute atomic E-state index is 0.447.